The zero-order valence-corrected chi connectivity index (χ0v) is 21.5. The van der Waals surface area contributed by atoms with Gasteiger partial charge in [-0.15, -0.1) is 0 Å². The fourth-order valence-corrected chi connectivity index (χ4v) is 7.18. The summed E-state index contributed by atoms with van der Waals surface area (Å²) in [5.41, 5.74) is -1.13. The number of cyclic esters (lactones) is 1. The highest BCUT2D eigenvalue weighted by atomic mass is 35.5. The minimum absolute atomic E-state index is 0.0293. The maximum atomic E-state index is 15.6. The lowest BCUT2D eigenvalue weighted by molar-refractivity contribution is -0.152. The Morgan fingerprint density at radius 3 is 2.46 bits per heavy atom. The Labute approximate surface area is 216 Å². The molecule has 1 saturated carbocycles. The van der Waals surface area contributed by atoms with Crippen LogP contribution in [0.5, 0.6) is 0 Å². The first-order valence-corrected chi connectivity index (χ1v) is 13.1. The van der Waals surface area contributed by atoms with Gasteiger partial charge in [-0.1, -0.05) is 79.6 Å². The Bertz CT molecular complexity index is 1170. The fraction of sp³-hybridized carbons (Fsp3) is 0.500. The largest absolute Gasteiger partial charge is 0.443 e. The molecule has 2 heterocycles. The average Bonchev–Trinajstić information content (AvgIpc) is 3.26. The molecule has 0 unspecified atom stereocenters. The summed E-state index contributed by atoms with van der Waals surface area (Å²) in [4.78, 5) is 15.5. The summed E-state index contributed by atoms with van der Waals surface area (Å²) in [6.45, 7) is 3.72. The predicted molar refractivity (Wildman–Crippen MR) is 134 cm³/mol. The molecule has 5 rings (SSSR count). The maximum Gasteiger partial charge on any atom is 0.325 e. The number of halogens is 3. The molecule has 4 atom stereocenters. The van der Waals surface area contributed by atoms with Crippen molar-refractivity contribution in [2.24, 2.45) is 5.92 Å². The molecule has 4 nitrogen and oxygen atoms in total. The van der Waals surface area contributed by atoms with E-state index >= 15 is 4.39 Å². The minimum atomic E-state index is -1.20. The van der Waals surface area contributed by atoms with Crippen molar-refractivity contribution in [3.63, 3.8) is 0 Å². The molecule has 0 radical (unpaired) electrons. The lowest BCUT2D eigenvalue weighted by atomic mass is 9.63. The summed E-state index contributed by atoms with van der Waals surface area (Å²) in [5.74, 6) is -1.40. The van der Waals surface area contributed by atoms with E-state index < -0.39 is 34.9 Å². The molecular weight excluding hydrogens is 486 g/mol. The van der Waals surface area contributed by atoms with Gasteiger partial charge in [0.2, 0.25) is 0 Å². The molecule has 35 heavy (non-hydrogen) atoms. The molecule has 3 fully saturated rings. The number of carbonyl (C=O) groups is 1. The van der Waals surface area contributed by atoms with Crippen LogP contribution in [0.4, 0.5) is 4.39 Å². The summed E-state index contributed by atoms with van der Waals surface area (Å²) in [6.07, 6.45) is 6.44. The SMILES string of the molecule is CC1(C)OC(=O)[C@H]2[C@H](c3cccc(Cl)c3F)[C@@](C#N)(c3ccc(Cl)cc3)[C@H](CC3CCCCC3)N21. The highest BCUT2D eigenvalue weighted by molar-refractivity contribution is 6.31. The minimum Gasteiger partial charge on any atom is -0.443 e. The molecule has 0 bridgehead atoms. The molecule has 2 aliphatic heterocycles. The van der Waals surface area contributed by atoms with E-state index in [1.807, 2.05) is 30.9 Å². The summed E-state index contributed by atoms with van der Waals surface area (Å²) in [5, 5.41) is 11.5. The lowest BCUT2D eigenvalue weighted by Crippen LogP contribution is -2.51. The van der Waals surface area contributed by atoms with Crippen LogP contribution in [-0.2, 0) is 14.9 Å². The van der Waals surface area contributed by atoms with Gasteiger partial charge < -0.3 is 4.74 Å². The second-order valence-electron chi connectivity index (χ2n) is 10.6. The van der Waals surface area contributed by atoms with Gasteiger partial charge in [0.1, 0.15) is 17.3 Å². The van der Waals surface area contributed by atoms with E-state index in [0.717, 1.165) is 37.7 Å². The molecule has 1 aliphatic carbocycles. The Kier molecular flexibility index (Phi) is 6.36. The molecule has 0 aromatic heterocycles. The number of nitrogens with zero attached hydrogens (tertiary/aromatic N) is 2. The fourth-order valence-electron chi connectivity index (χ4n) is 6.87. The summed E-state index contributed by atoms with van der Waals surface area (Å²) in [7, 11) is 0. The zero-order valence-electron chi connectivity index (χ0n) is 19.9. The average molecular weight is 515 g/mol. The van der Waals surface area contributed by atoms with Gasteiger partial charge in [-0.25, -0.2) is 9.29 Å². The maximum absolute atomic E-state index is 15.6. The van der Waals surface area contributed by atoms with E-state index in [9.17, 15) is 10.1 Å². The van der Waals surface area contributed by atoms with Crippen LogP contribution < -0.4 is 0 Å². The third-order valence-corrected chi connectivity index (χ3v) is 8.83. The Hall–Kier alpha value is -2.13. The van der Waals surface area contributed by atoms with Crippen LogP contribution >= 0.6 is 23.2 Å². The van der Waals surface area contributed by atoms with Crippen LogP contribution in [0.25, 0.3) is 0 Å². The van der Waals surface area contributed by atoms with Crippen molar-refractivity contribution < 1.29 is 13.9 Å². The van der Waals surface area contributed by atoms with Crippen molar-refractivity contribution in [3.05, 3.63) is 69.5 Å². The van der Waals surface area contributed by atoms with Gasteiger partial charge in [-0.2, -0.15) is 5.26 Å². The number of hydrogen-bond acceptors (Lipinski definition) is 4. The van der Waals surface area contributed by atoms with Crippen molar-refractivity contribution in [2.45, 2.75) is 81.5 Å². The van der Waals surface area contributed by atoms with Crippen LogP contribution in [0.2, 0.25) is 10.0 Å². The second kappa shape index (κ2) is 9.07. The van der Waals surface area contributed by atoms with Crippen molar-refractivity contribution in [1.82, 2.24) is 4.90 Å². The summed E-state index contributed by atoms with van der Waals surface area (Å²) in [6, 6.07) is 13.5. The standard InChI is InChI=1S/C28H29Cl2FN2O2/c1-27(2)33-22(15-17-7-4-3-5-8-17)28(16-32,18-11-13-19(29)14-12-18)23(25(33)26(34)35-27)20-9-6-10-21(30)24(20)31/h6,9-14,17,22-23,25H,3-5,7-8,15H2,1-2H3/t22-,23-,25+,28-/m0/s1. The number of fused-ring (bicyclic) bond motifs is 1. The highest BCUT2D eigenvalue weighted by Gasteiger charge is 2.70. The summed E-state index contributed by atoms with van der Waals surface area (Å²) >= 11 is 12.4. The van der Waals surface area contributed by atoms with Crippen LogP contribution in [0.3, 0.4) is 0 Å². The topological polar surface area (TPSA) is 53.3 Å². The third kappa shape index (κ3) is 3.86. The Balaban J connectivity index is 1.77. The number of rotatable bonds is 4. The van der Waals surface area contributed by atoms with Gasteiger partial charge in [0, 0.05) is 17.0 Å². The van der Waals surface area contributed by atoms with Crippen molar-refractivity contribution in [1.29, 1.82) is 5.26 Å². The molecule has 0 spiro atoms. The number of ether oxygens (including phenoxy) is 1. The van der Waals surface area contributed by atoms with E-state index in [2.05, 4.69) is 6.07 Å². The van der Waals surface area contributed by atoms with Crippen molar-refractivity contribution in [3.8, 4) is 6.07 Å². The number of carbonyl (C=O) groups excluding carboxylic acids is 1. The van der Waals surface area contributed by atoms with Gasteiger partial charge in [-0.3, -0.25) is 4.79 Å². The Morgan fingerprint density at radius 2 is 1.80 bits per heavy atom. The number of benzene rings is 2. The second-order valence-corrected chi connectivity index (χ2v) is 11.4. The van der Waals surface area contributed by atoms with Crippen molar-refractivity contribution in [2.75, 3.05) is 0 Å². The number of esters is 1. The molecule has 2 aromatic rings. The zero-order chi connectivity index (χ0) is 25.0. The predicted octanol–water partition coefficient (Wildman–Crippen LogP) is 6.99. The van der Waals surface area contributed by atoms with E-state index in [1.165, 1.54) is 12.5 Å². The molecule has 7 heteroatoms. The quantitative estimate of drug-likeness (QED) is 0.412. The van der Waals surface area contributed by atoms with Gasteiger partial charge in [0.15, 0.2) is 5.72 Å². The molecule has 0 N–H and O–H groups in total. The first-order chi connectivity index (χ1) is 16.7. The van der Waals surface area contributed by atoms with Gasteiger partial charge >= 0.3 is 5.97 Å². The summed E-state index contributed by atoms with van der Waals surface area (Å²) < 4.78 is 21.5. The molecular formula is C28H29Cl2FN2O2. The van der Waals surface area contributed by atoms with Crippen LogP contribution in [0, 0.1) is 23.1 Å². The van der Waals surface area contributed by atoms with E-state index in [-0.39, 0.29) is 16.6 Å². The van der Waals surface area contributed by atoms with Crippen molar-refractivity contribution >= 4 is 29.2 Å². The molecule has 3 aliphatic rings. The van der Waals surface area contributed by atoms with Gasteiger partial charge in [0.25, 0.3) is 0 Å². The third-order valence-electron chi connectivity index (χ3n) is 8.29. The van der Waals surface area contributed by atoms with Gasteiger partial charge in [0.05, 0.1) is 11.1 Å². The van der Waals surface area contributed by atoms with E-state index in [1.54, 1.807) is 24.3 Å². The normalized spacial score (nSPS) is 30.6. The first kappa shape index (κ1) is 24.6. The number of nitriles is 1. The smallest absolute Gasteiger partial charge is 0.325 e. The van der Waals surface area contributed by atoms with E-state index in [0.29, 0.717) is 10.9 Å². The Morgan fingerprint density at radius 1 is 1.11 bits per heavy atom. The first-order valence-electron chi connectivity index (χ1n) is 12.3. The van der Waals surface area contributed by atoms with Crippen LogP contribution in [-0.4, -0.2) is 28.7 Å². The lowest BCUT2D eigenvalue weighted by Gasteiger charge is -2.42. The molecule has 2 saturated heterocycles. The highest BCUT2D eigenvalue weighted by Crippen LogP contribution is 2.59. The van der Waals surface area contributed by atoms with Gasteiger partial charge in [-0.05, 0) is 55.5 Å². The molecule has 184 valence electrons. The number of hydrogen-bond donors (Lipinski definition) is 0. The molecule has 0 amide bonds. The monoisotopic (exact) mass is 514 g/mol. The van der Waals surface area contributed by atoms with Crippen LogP contribution in [0.15, 0.2) is 42.5 Å². The van der Waals surface area contributed by atoms with Crippen LogP contribution in [0.1, 0.15) is 69.4 Å². The van der Waals surface area contributed by atoms with E-state index in [4.69, 9.17) is 27.9 Å². The molecule has 2 aromatic carbocycles.